The number of carboxylic acids is 1. The molecular weight excluding hydrogens is 270 g/mol. The molecule has 6 nitrogen and oxygen atoms in total. The number of hydrogen-bond donors (Lipinski definition) is 1. The molecule has 1 amide bonds. The van der Waals surface area contributed by atoms with Gasteiger partial charge in [-0.3, -0.25) is 4.79 Å². The van der Waals surface area contributed by atoms with Crippen molar-refractivity contribution in [3.8, 4) is 0 Å². The Morgan fingerprint density at radius 1 is 1.29 bits per heavy atom. The lowest BCUT2D eigenvalue weighted by molar-refractivity contribution is -0.133. The zero-order valence-corrected chi connectivity index (χ0v) is 11.8. The predicted octanol–water partition coefficient (Wildman–Crippen LogP) is 1.92. The van der Waals surface area contributed by atoms with E-state index in [1.807, 2.05) is 11.8 Å². The number of aromatic carboxylic acids is 1. The molecule has 1 atom stereocenters. The number of imidazole rings is 1. The summed E-state index contributed by atoms with van der Waals surface area (Å²) in [7, 11) is 0. The number of rotatable bonds is 3. The van der Waals surface area contributed by atoms with Crippen molar-refractivity contribution in [3.05, 3.63) is 30.1 Å². The molecular formula is C15H17N3O3. The van der Waals surface area contributed by atoms with Crippen LogP contribution in [-0.2, 0) is 4.79 Å². The summed E-state index contributed by atoms with van der Waals surface area (Å²) in [6.45, 7) is 3.43. The van der Waals surface area contributed by atoms with Gasteiger partial charge in [0, 0.05) is 13.1 Å². The topological polar surface area (TPSA) is 75.4 Å². The van der Waals surface area contributed by atoms with Crippen molar-refractivity contribution < 1.29 is 14.7 Å². The van der Waals surface area contributed by atoms with Gasteiger partial charge in [-0.25, -0.2) is 9.78 Å². The fourth-order valence-electron chi connectivity index (χ4n) is 2.86. The average molecular weight is 287 g/mol. The van der Waals surface area contributed by atoms with Crippen LogP contribution < -0.4 is 0 Å². The molecule has 1 aliphatic rings. The van der Waals surface area contributed by atoms with Gasteiger partial charge in [-0.15, -0.1) is 0 Å². The highest BCUT2D eigenvalue weighted by atomic mass is 16.4. The predicted molar refractivity (Wildman–Crippen MR) is 77.2 cm³/mol. The van der Waals surface area contributed by atoms with Crippen LogP contribution in [0.2, 0.25) is 0 Å². The van der Waals surface area contributed by atoms with Crippen LogP contribution in [0.3, 0.4) is 0 Å². The summed E-state index contributed by atoms with van der Waals surface area (Å²) in [6.07, 6.45) is 3.65. The second-order valence-electron chi connectivity index (χ2n) is 5.34. The number of likely N-dealkylation sites (tertiary alicyclic amines) is 1. The van der Waals surface area contributed by atoms with Crippen LogP contribution in [0.4, 0.5) is 0 Å². The second kappa shape index (κ2) is 5.20. The highest BCUT2D eigenvalue weighted by molar-refractivity contribution is 6.01. The molecule has 1 aliphatic heterocycles. The Morgan fingerprint density at radius 2 is 2.00 bits per heavy atom. The molecule has 1 saturated heterocycles. The Hall–Kier alpha value is -2.37. The number of nitrogens with zero attached hydrogens (tertiary/aromatic N) is 3. The zero-order valence-electron chi connectivity index (χ0n) is 11.8. The largest absolute Gasteiger partial charge is 0.478 e. The molecule has 2 aromatic rings. The van der Waals surface area contributed by atoms with Crippen LogP contribution in [0.25, 0.3) is 11.0 Å². The Bertz CT molecular complexity index is 701. The number of carbonyl (C=O) groups excluding carboxylic acids is 1. The van der Waals surface area contributed by atoms with Gasteiger partial charge < -0.3 is 14.6 Å². The van der Waals surface area contributed by atoms with E-state index in [1.54, 1.807) is 23.0 Å². The summed E-state index contributed by atoms with van der Waals surface area (Å²) in [5, 5.41) is 9.19. The van der Waals surface area contributed by atoms with Crippen LogP contribution in [0.15, 0.2) is 24.5 Å². The van der Waals surface area contributed by atoms with Crippen LogP contribution in [0.1, 0.15) is 36.2 Å². The van der Waals surface area contributed by atoms with Gasteiger partial charge in [0.15, 0.2) is 0 Å². The van der Waals surface area contributed by atoms with E-state index >= 15 is 0 Å². The number of carboxylic acid groups (broad SMARTS) is 1. The molecule has 1 N–H and O–H groups in total. The van der Waals surface area contributed by atoms with E-state index in [1.165, 1.54) is 6.07 Å². The fourth-order valence-corrected chi connectivity index (χ4v) is 2.86. The third-order valence-corrected chi connectivity index (χ3v) is 4.03. The Morgan fingerprint density at radius 3 is 2.67 bits per heavy atom. The highest BCUT2D eigenvalue weighted by Gasteiger charge is 2.25. The van der Waals surface area contributed by atoms with E-state index in [2.05, 4.69) is 4.98 Å². The second-order valence-corrected chi connectivity index (χ2v) is 5.34. The number of benzene rings is 1. The number of fused-ring (bicyclic) bond motifs is 1. The van der Waals surface area contributed by atoms with E-state index in [-0.39, 0.29) is 17.5 Å². The quantitative estimate of drug-likeness (QED) is 0.935. The van der Waals surface area contributed by atoms with Crippen molar-refractivity contribution in [1.29, 1.82) is 0 Å². The third kappa shape index (κ3) is 2.26. The molecule has 1 aromatic carbocycles. The summed E-state index contributed by atoms with van der Waals surface area (Å²) in [6, 6.07) is 4.62. The minimum Gasteiger partial charge on any atom is -0.478 e. The molecule has 21 heavy (non-hydrogen) atoms. The first-order chi connectivity index (χ1) is 10.1. The van der Waals surface area contributed by atoms with Crippen molar-refractivity contribution in [3.63, 3.8) is 0 Å². The van der Waals surface area contributed by atoms with Crippen molar-refractivity contribution in [2.24, 2.45) is 0 Å². The SMILES string of the molecule is CC(C(=O)N1CCCC1)n1cnc2c(C(=O)O)cccc21. The molecule has 2 heterocycles. The maximum atomic E-state index is 12.5. The molecule has 0 bridgehead atoms. The zero-order chi connectivity index (χ0) is 15.0. The van der Waals surface area contributed by atoms with Crippen LogP contribution in [0, 0.1) is 0 Å². The smallest absolute Gasteiger partial charge is 0.337 e. The summed E-state index contributed by atoms with van der Waals surface area (Å²) >= 11 is 0. The molecule has 3 rings (SSSR count). The summed E-state index contributed by atoms with van der Waals surface area (Å²) in [5.74, 6) is -0.947. The minimum absolute atomic E-state index is 0.0625. The van der Waals surface area contributed by atoms with Gasteiger partial charge in [0.25, 0.3) is 0 Å². The van der Waals surface area contributed by atoms with E-state index in [9.17, 15) is 14.7 Å². The van der Waals surface area contributed by atoms with Crippen LogP contribution >= 0.6 is 0 Å². The summed E-state index contributed by atoms with van der Waals surface area (Å²) in [4.78, 5) is 29.7. The minimum atomic E-state index is -1.01. The lowest BCUT2D eigenvalue weighted by Gasteiger charge is -2.21. The number of para-hydroxylation sites is 1. The van der Waals surface area contributed by atoms with Crippen molar-refractivity contribution in [2.75, 3.05) is 13.1 Å². The molecule has 1 unspecified atom stereocenters. The first kappa shape index (κ1) is 13.6. The summed E-state index contributed by atoms with van der Waals surface area (Å²) < 4.78 is 1.75. The van der Waals surface area contributed by atoms with Crippen molar-refractivity contribution in [1.82, 2.24) is 14.5 Å². The van der Waals surface area contributed by atoms with E-state index in [4.69, 9.17) is 0 Å². The molecule has 1 fully saturated rings. The van der Waals surface area contributed by atoms with Gasteiger partial charge in [-0.2, -0.15) is 0 Å². The van der Waals surface area contributed by atoms with Crippen molar-refractivity contribution in [2.45, 2.75) is 25.8 Å². The molecule has 0 saturated carbocycles. The first-order valence-electron chi connectivity index (χ1n) is 7.07. The molecule has 110 valence electrons. The molecule has 0 spiro atoms. The lowest BCUT2D eigenvalue weighted by Crippen LogP contribution is -2.33. The van der Waals surface area contributed by atoms with Crippen LogP contribution in [0.5, 0.6) is 0 Å². The van der Waals surface area contributed by atoms with Gasteiger partial charge in [0.1, 0.15) is 11.6 Å². The molecule has 6 heteroatoms. The Kier molecular flexibility index (Phi) is 3.37. The van der Waals surface area contributed by atoms with E-state index in [0.29, 0.717) is 11.0 Å². The Balaban J connectivity index is 1.99. The van der Waals surface area contributed by atoms with Crippen molar-refractivity contribution >= 4 is 22.9 Å². The van der Waals surface area contributed by atoms with Gasteiger partial charge in [-0.1, -0.05) is 6.07 Å². The maximum Gasteiger partial charge on any atom is 0.337 e. The van der Waals surface area contributed by atoms with Gasteiger partial charge in [0.2, 0.25) is 5.91 Å². The van der Waals surface area contributed by atoms with Crippen LogP contribution in [-0.4, -0.2) is 44.5 Å². The Labute approximate surface area is 122 Å². The van der Waals surface area contributed by atoms with Gasteiger partial charge >= 0.3 is 5.97 Å². The number of hydrogen-bond acceptors (Lipinski definition) is 3. The van der Waals surface area contributed by atoms with E-state index < -0.39 is 5.97 Å². The third-order valence-electron chi connectivity index (χ3n) is 4.03. The molecule has 0 radical (unpaired) electrons. The standard InChI is InChI=1S/C15H17N3O3/c1-10(14(19)17-7-2-3-8-17)18-9-16-13-11(15(20)21)5-4-6-12(13)18/h4-6,9-10H,2-3,7-8H2,1H3,(H,20,21). The number of amides is 1. The first-order valence-corrected chi connectivity index (χ1v) is 7.07. The molecule has 1 aromatic heterocycles. The highest BCUT2D eigenvalue weighted by Crippen LogP contribution is 2.23. The number of aromatic nitrogens is 2. The summed E-state index contributed by atoms with van der Waals surface area (Å²) in [5.41, 5.74) is 1.26. The normalized spacial score (nSPS) is 16.3. The van der Waals surface area contributed by atoms with E-state index in [0.717, 1.165) is 25.9 Å². The lowest BCUT2D eigenvalue weighted by atomic mass is 10.2. The fraction of sp³-hybridized carbons (Fsp3) is 0.400. The van der Waals surface area contributed by atoms with Gasteiger partial charge in [-0.05, 0) is 31.9 Å². The van der Waals surface area contributed by atoms with Gasteiger partial charge in [0.05, 0.1) is 17.4 Å². The maximum absolute atomic E-state index is 12.5. The monoisotopic (exact) mass is 287 g/mol. The molecule has 0 aliphatic carbocycles. The average Bonchev–Trinajstić information content (AvgIpc) is 3.14. The number of carbonyl (C=O) groups is 2.